The molecule has 0 radical (unpaired) electrons. The number of hydrogen-bond donors (Lipinski definition) is 0. The van der Waals surface area contributed by atoms with Crippen molar-refractivity contribution in [3.05, 3.63) is 46.1 Å². The fourth-order valence-electron chi connectivity index (χ4n) is 2.32. The first-order valence-corrected chi connectivity index (χ1v) is 6.23. The minimum Gasteiger partial charge on any atom is -0.497 e. The second kappa shape index (κ2) is 4.56. The minimum atomic E-state index is -0.0640. The Bertz CT molecular complexity index is 862. The van der Waals surface area contributed by atoms with Crippen molar-refractivity contribution in [2.45, 2.75) is 6.92 Å². The molecule has 3 aromatic rings. The van der Waals surface area contributed by atoms with Gasteiger partial charge >= 0.3 is 0 Å². The molecule has 4 heteroatoms. The van der Waals surface area contributed by atoms with Crippen molar-refractivity contribution in [3.63, 3.8) is 0 Å². The summed E-state index contributed by atoms with van der Waals surface area (Å²) in [6.07, 6.45) is 0. The highest BCUT2D eigenvalue weighted by atomic mass is 16.5. The van der Waals surface area contributed by atoms with E-state index in [-0.39, 0.29) is 5.43 Å². The monoisotopic (exact) mass is 270 g/mol. The van der Waals surface area contributed by atoms with Crippen LogP contribution in [0.15, 0.2) is 39.5 Å². The Morgan fingerprint density at radius 2 is 1.70 bits per heavy atom. The number of methoxy groups -OCH3 is 2. The van der Waals surface area contributed by atoms with E-state index in [0.717, 1.165) is 5.56 Å². The second-order valence-corrected chi connectivity index (χ2v) is 4.61. The van der Waals surface area contributed by atoms with Gasteiger partial charge in [0, 0.05) is 6.07 Å². The molecule has 0 aliphatic heterocycles. The summed E-state index contributed by atoms with van der Waals surface area (Å²) in [7, 11) is 3.16. The summed E-state index contributed by atoms with van der Waals surface area (Å²) in [5.74, 6) is 1.34. The van der Waals surface area contributed by atoms with E-state index >= 15 is 0 Å². The zero-order valence-corrected chi connectivity index (χ0v) is 11.5. The molecule has 0 aliphatic carbocycles. The van der Waals surface area contributed by atoms with Crippen molar-refractivity contribution >= 4 is 21.9 Å². The topological polar surface area (TPSA) is 48.7 Å². The lowest BCUT2D eigenvalue weighted by molar-refractivity contribution is 0.411. The average molecular weight is 270 g/mol. The highest BCUT2D eigenvalue weighted by Gasteiger charge is 2.11. The van der Waals surface area contributed by atoms with Gasteiger partial charge in [-0.15, -0.1) is 0 Å². The normalized spacial score (nSPS) is 10.9. The van der Waals surface area contributed by atoms with Gasteiger partial charge in [0.1, 0.15) is 22.7 Å². The molecule has 1 heterocycles. The van der Waals surface area contributed by atoms with Gasteiger partial charge in [-0.1, -0.05) is 0 Å². The molecule has 20 heavy (non-hydrogen) atoms. The molecular weight excluding hydrogens is 256 g/mol. The number of aryl methyl sites for hydroxylation is 1. The Labute approximate surface area is 115 Å². The molecule has 102 valence electrons. The van der Waals surface area contributed by atoms with Gasteiger partial charge < -0.3 is 13.9 Å². The van der Waals surface area contributed by atoms with Crippen LogP contribution >= 0.6 is 0 Å². The van der Waals surface area contributed by atoms with Gasteiger partial charge in [-0.3, -0.25) is 4.79 Å². The van der Waals surface area contributed by atoms with Crippen molar-refractivity contribution < 1.29 is 13.9 Å². The predicted molar refractivity (Wildman–Crippen MR) is 77.8 cm³/mol. The van der Waals surface area contributed by atoms with Crippen LogP contribution < -0.4 is 14.9 Å². The summed E-state index contributed by atoms with van der Waals surface area (Å²) in [6, 6.07) is 8.73. The maximum atomic E-state index is 12.6. The van der Waals surface area contributed by atoms with Crippen LogP contribution in [0, 0.1) is 6.92 Å². The van der Waals surface area contributed by atoms with Crippen molar-refractivity contribution in [1.82, 2.24) is 0 Å². The summed E-state index contributed by atoms with van der Waals surface area (Å²) >= 11 is 0. The van der Waals surface area contributed by atoms with E-state index in [1.807, 2.05) is 6.92 Å². The second-order valence-electron chi connectivity index (χ2n) is 4.61. The quantitative estimate of drug-likeness (QED) is 0.670. The Kier molecular flexibility index (Phi) is 2.86. The first-order valence-electron chi connectivity index (χ1n) is 6.23. The summed E-state index contributed by atoms with van der Waals surface area (Å²) < 4.78 is 16.2. The smallest absolute Gasteiger partial charge is 0.200 e. The van der Waals surface area contributed by atoms with E-state index in [1.165, 1.54) is 0 Å². The van der Waals surface area contributed by atoms with Gasteiger partial charge in [0.2, 0.25) is 5.43 Å². The van der Waals surface area contributed by atoms with Gasteiger partial charge in [-0.2, -0.15) is 0 Å². The molecule has 1 aromatic heterocycles. The molecule has 0 unspecified atom stereocenters. The summed E-state index contributed by atoms with van der Waals surface area (Å²) in [4.78, 5) is 12.6. The highest BCUT2D eigenvalue weighted by Crippen LogP contribution is 2.27. The van der Waals surface area contributed by atoms with Crippen molar-refractivity contribution in [1.29, 1.82) is 0 Å². The Balaban J connectivity index is 2.44. The zero-order valence-electron chi connectivity index (χ0n) is 11.5. The lowest BCUT2D eigenvalue weighted by atomic mass is 10.1. The lowest BCUT2D eigenvalue weighted by Crippen LogP contribution is -2.03. The van der Waals surface area contributed by atoms with Crippen LogP contribution in [-0.4, -0.2) is 14.2 Å². The number of ether oxygens (including phenoxy) is 2. The third-order valence-corrected chi connectivity index (χ3v) is 3.39. The van der Waals surface area contributed by atoms with Gasteiger partial charge in [-0.25, -0.2) is 0 Å². The molecule has 0 N–H and O–H groups in total. The fraction of sp³-hybridized carbons (Fsp3) is 0.188. The molecule has 3 rings (SSSR count). The average Bonchev–Trinajstić information content (AvgIpc) is 2.47. The standard InChI is InChI=1S/C16H14O4/c1-9-6-11-15(8-14(9)19-3)20-13-5-4-10(18-2)7-12(13)16(11)17/h4-8H,1-3H3. The lowest BCUT2D eigenvalue weighted by Gasteiger charge is -2.07. The van der Waals surface area contributed by atoms with Crippen LogP contribution in [0.4, 0.5) is 0 Å². The molecular formula is C16H14O4. The van der Waals surface area contributed by atoms with Crippen molar-refractivity contribution in [2.24, 2.45) is 0 Å². The summed E-state index contributed by atoms with van der Waals surface area (Å²) in [6.45, 7) is 1.90. The van der Waals surface area contributed by atoms with E-state index < -0.39 is 0 Å². The van der Waals surface area contributed by atoms with Gasteiger partial charge in [0.15, 0.2) is 0 Å². The Morgan fingerprint density at radius 3 is 2.40 bits per heavy atom. The van der Waals surface area contributed by atoms with Crippen LogP contribution in [0.5, 0.6) is 11.5 Å². The molecule has 0 saturated heterocycles. The van der Waals surface area contributed by atoms with E-state index in [4.69, 9.17) is 13.9 Å². The Morgan fingerprint density at radius 1 is 0.950 bits per heavy atom. The Hall–Kier alpha value is -2.49. The SMILES string of the molecule is COc1ccc2oc3cc(OC)c(C)cc3c(=O)c2c1. The van der Waals surface area contributed by atoms with E-state index in [1.54, 1.807) is 44.6 Å². The maximum absolute atomic E-state index is 12.6. The zero-order chi connectivity index (χ0) is 14.3. The van der Waals surface area contributed by atoms with Crippen molar-refractivity contribution in [3.8, 4) is 11.5 Å². The molecule has 0 amide bonds. The van der Waals surface area contributed by atoms with Crippen LogP contribution in [0.1, 0.15) is 5.56 Å². The highest BCUT2D eigenvalue weighted by molar-refractivity contribution is 5.91. The van der Waals surface area contributed by atoms with Gasteiger partial charge in [0.25, 0.3) is 0 Å². The first-order chi connectivity index (χ1) is 9.63. The molecule has 2 aromatic carbocycles. The van der Waals surface area contributed by atoms with Gasteiger partial charge in [-0.05, 0) is 36.8 Å². The minimum absolute atomic E-state index is 0.0640. The number of benzene rings is 2. The van der Waals surface area contributed by atoms with Crippen LogP contribution in [0.2, 0.25) is 0 Å². The fourth-order valence-corrected chi connectivity index (χ4v) is 2.32. The maximum Gasteiger partial charge on any atom is 0.200 e. The largest absolute Gasteiger partial charge is 0.497 e. The number of fused-ring (bicyclic) bond motifs is 2. The molecule has 0 bridgehead atoms. The summed E-state index contributed by atoms with van der Waals surface area (Å²) in [5, 5.41) is 1.06. The molecule has 0 fully saturated rings. The predicted octanol–water partition coefficient (Wildman–Crippen LogP) is 3.27. The summed E-state index contributed by atoms with van der Waals surface area (Å²) in [5.41, 5.74) is 1.89. The molecule has 0 atom stereocenters. The molecule has 0 saturated carbocycles. The van der Waals surface area contributed by atoms with Crippen molar-refractivity contribution in [2.75, 3.05) is 14.2 Å². The van der Waals surface area contributed by atoms with E-state index in [9.17, 15) is 4.79 Å². The van der Waals surface area contributed by atoms with Crippen LogP contribution in [-0.2, 0) is 0 Å². The first kappa shape index (κ1) is 12.5. The van der Waals surface area contributed by atoms with Crippen LogP contribution in [0.3, 0.4) is 0 Å². The number of rotatable bonds is 2. The third-order valence-electron chi connectivity index (χ3n) is 3.39. The molecule has 0 aliphatic rings. The number of hydrogen-bond acceptors (Lipinski definition) is 4. The van der Waals surface area contributed by atoms with E-state index in [2.05, 4.69) is 0 Å². The van der Waals surface area contributed by atoms with Gasteiger partial charge in [0.05, 0.1) is 25.0 Å². The van der Waals surface area contributed by atoms with E-state index in [0.29, 0.717) is 33.4 Å². The molecule has 0 spiro atoms. The molecule has 4 nitrogen and oxygen atoms in total. The third kappa shape index (κ3) is 1.81. The van der Waals surface area contributed by atoms with Crippen LogP contribution in [0.25, 0.3) is 21.9 Å².